The van der Waals surface area contributed by atoms with Crippen LogP contribution in [0.5, 0.6) is 0 Å². The van der Waals surface area contributed by atoms with Crippen LogP contribution in [0.15, 0.2) is 18.2 Å². The average Bonchev–Trinajstić information content (AvgIpc) is 2.14. The Morgan fingerprint density at radius 2 is 2.19 bits per heavy atom. The summed E-state index contributed by atoms with van der Waals surface area (Å²) < 4.78 is 35.3. The summed E-state index contributed by atoms with van der Waals surface area (Å²) in [6, 6.07) is 5.94. The lowest BCUT2D eigenvalue weighted by molar-refractivity contribution is -0.122. The molecule has 0 atom stereocenters. The number of benzene rings is 1. The van der Waals surface area contributed by atoms with Crippen molar-refractivity contribution >= 4 is 23.3 Å². The van der Waals surface area contributed by atoms with Gasteiger partial charge in [0, 0.05) is 11.8 Å². The zero-order chi connectivity index (χ0) is 12.2. The molecule has 0 aromatic heterocycles. The van der Waals surface area contributed by atoms with Crippen molar-refractivity contribution in [1.82, 2.24) is 5.32 Å². The summed E-state index contributed by atoms with van der Waals surface area (Å²) >= 11 is 5.57. The first-order valence-electron chi connectivity index (χ1n) is 4.16. The van der Waals surface area contributed by atoms with Crippen LogP contribution in [0.2, 0.25) is 5.02 Å². The highest BCUT2D eigenvalue weighted by Gasteiger charge is 2.27. The Morgan fingerprint density at radius 3 is 2.75 bits per heavy atom. The van der Waals surface area contributed by atoms with Gasteiger partial charge in [-0.15, -0.1) is 0 Å². The molecule has 2 amide bonds. The minimum atomic E-state index is -4.43. The van der Waals surface area contributed by atoms with Gasteiger partial charge in [-0.25, -0.2) is 4.79 Å². The third kappa shape index (κ3) is 4.88. The van der Waals surface area contributed by atoms with Crippen molar-refractivity contribution in [2.75, 3.05) is 11.9 Å². The minimum absolute atomic E-state index is 0.258. The predicted octanol–water partition coefficient (Wildman–Crippen LogP) is 2.82. The largest absolute Gasteiger partial charge is 0.405 e. The maximum absolute atomic E-state index is 11.8. The number of amides is 2. The lowest BCUT2D eigenvalue weighted by Gasteiger charge is -2.09. The van der Waals surface area contributed by atoms with Crippen LogP contribution in [-0.2, 0) is 0 Å². The molecule has 2 N–H and O–H groups in total. The fourth-order valence-electron chi connectivity index (χ4n) is 0.871. The van der Waals surface area contributed by atoms with Gasteiger partial charge in [-0.3, -0.25) is 0 Å². The fourth-order valence-corrected chi connectivity index (χ4v) is 1.05. The zero-order valence-electron chi connectivity index (χ0n) is 7.86. The van der Waals surface area contributed by atoms with Crippen LogP contribution in [0.25, 0.3) is 0 Å². The topological polar surface area (TPSA) is 41.1 Å². The summed E-state index contributed by atoms with van der Waals surface area (Å²) in [5.74, 6) is 0. The minimum Gasteiger partial charge on any atom is -0.329 e. The molecule has 0 heterocycles. The van der Waals surface area contributed by atoms with Gasteiger partial charge in [0.25, 0.3) is 0 Å². The van der Waals surface area contributed by atoms with E-state index in [1.807, 2.05) is 0 Å². The number of nitrogens with one attached hydrogen (secondary N) is 2. The smallest absolute Gasteiger partial charge is 0.329 e. The van der Waals surface area contributed by atoms with E-state index in [1.54, 1.807) is 5.32 Å². The standard InChI is InChI=1S/C9H7ClF3N2O/c10-6-2-1-3-7(4-6)15-8(16)14-5-9(11,12)13/h1,3-4H,5H2,(H2,14,15,16). The molecule has 1 aromatic rings. The Bertz CT molecular complexity index is 381. The van der Waals surface area contributed by atoms with Crippen molar-refractivity contribution in [3.05, 3.63) is 29.3 Å². The quantitative estimate of drug-likeness (QED) is 0.834. The van der Waals surface area contributed by atoms with Gasteiger partial charge in [-0.1, -0.05) is 17.7 Å². The number of hydrogen-bond acceptors (Lipinski definition) is 1. The van der Waals surface area contributed by atoms with Crippen LogP contribution in [-0.4, -0.2) is 18.8 Å². The SMILES string of the molecule is O=C(NCC(F)(F)F)Nc1cc[c]c(Cl)c1. The first-order chi connectivity index (χ1) is 7.37. The molecule has 0 aliphatic rings. The molecule has 7 heteroatoms. The molecule has 0 unspecified atom stereocenters. The molecule has 0 saturated carbocycles. The second-order valence-corrected chi connectivity index (χ2v) is 3.26. The van der Waals surface area contributed by atoms with Gasteiger partial charge in [-0.05, 0) is 12.1 Å². The number of anilines is 1. The highest BCUT2D eigenvalue weighted by Crippen LogP contribution is 2.15. The number of urea groups is 1. The maximum Gasteiger partial charge on any atom is 0.405 e. The van der Waals surface area contributed by atoms with Gasteiger partial charge >= 0.3 is 12.2 Å². The Morgan fingerprint density at radius 1 is 1.50 bits per heavy atom. The average molecular weight is 252 g/mol. The van der Waals surface area contributed by atoms with E-state index >= 15 is 0 Å². The Balaban J connectivity index is 2.46. The zero-order valence-corrected chi connectivity index (χ0v) is 8.62. The summed E-state index contributed by atoms with van der Waals surface area (Å²) in [7, 11) is 0. The number of carbonyl (C=O) groups is 1. The lowest BCUT2D eigenvalue weighted by atomic mass is 10.3. The number of halogens is 4. The summed E-state index contributed by atoms with van der Waals surface area (Å²) in [6.45, 7) is -1.38. The third-order valence-corrected chi connectivity index (χ3v) is 1.69. The van der Waals surface area contributed by atoms with E-state index in [2.05, 4.69) is 11.4 Å². The summed E-state index contributed by atoms with van der Waals surface area (Å²) in [6.07, 6.45) is -4.43. The molecule has 1 radical (unpaired) electrons. The highest BCUT2D eigenvalue weighted by atomic mass is 35.5. The van der Waals surface area contributed by atoms with E-state index in [-0.39, 0.29) is 5.02 Å². The Labute approximate surface area is 94.6 Å². The van der Waals surface area contributed by atoms with E-state index in [0.29, 0.717) is 5.69 Å². The molecule has 0 fully saturated rings. The van der Waals surface area contributed by atoms with Crippen LogP contribution in [0.4, 0.5) is 23.7 Å². The summed E-state index contributed by atoms with van der Waals surface area (Å²) in [5, 5.41) is 4.12. The number of carbonyl (C=O) groups excluding carboxylic acids is 1. The first-order valence-corrected chi connectivity index (χ1v) is 4.53. The molecule has 0 saturated heterocycles. The second-order valence-electron chi connectivity index (χ2n) is 2.85. The molecule has 0 spiro atoms. The van der Waals surface area contributed by atoms with Crippen LogP contribution >= 0.6 is 11.6 Å². The second kappa shape index (κ2) is 5.07. The van der Waals surface area contributed by atoms with Crippen molar-refractivity contribution < 1.29 is 18.0 Å². The molecule has 0 aliphatic carbocycles. The molecule has 16 heavy (non-hydrogen) atoms. The van der Waals surface area contributed by atoms with Gasteiger partial charge in [0.15, 0.2) is 0 Å². The van der Waals surface area contributed by atoms with Crippen LogP contribution in [0.3, 0.4) is 0 Å². The molecule has 87 valence electrons. The van der Waals surface area contributed by atoms with Crippen molar-refractivity contribution in [2.45, 2.75) is 6.18 Å². The predicted molar refractivity (Wildman–Crippen MR) is 53.4 cm³/mol. The monoisotopic (exact) mass is 251 g/mol. The molecular weight excluding hydrogens is 245 g/mol. The lowest BCUT2D eigenvalue weighted by Crippen LogP contribution is -2.36. The van der Waals surface area contributed by atoms with Crippen molar-refractivity contribution in [3.63, 3.8) is 0 Å². The van der Waals surface area contributed by atoms with Gasteiger partial charge in [0.05, 0.1) is 5.02 Å². The van der Waals surface area contributed by atoms with E-state index in [0.717, 1.165) is 0 Å². The van der Waals surface area contributed by atoms with Crippen molar-refractivity contribution in [1.29, 1.82) is 0 Å². The molecular formula is C9H7ClF3N2O. The highest BCUT2D eigenvalue weighted by molar-refractivity contribution is 6.30. The van der Waals surface area contributed by atoms with Crippen molar-refractivity contribution in [3.8, 4) is 0 Å². The number of hydrogen-bond donors (Lipinski definition) is 2. The van der Waals surface area contributed by atoms with E-state index in [9.17, 15) is 18.0 Å². The van der Waals surface area contributed by atoms with E-state index in [4.69, 9.17) is 11.6 Å². The van der Waals surface area contributed by atoms with Crippen molar-refractivity contribution in [2.24, 2.45) is 0 Å². The third-order valence-electron chi connectivity index (χ3n) is 1.47. The normalized spacial score (nSPS) is 11.0. The number of rotatable bonds is 2. The molecule has 0 aliphatic heterocycles. The summed E-state index contributed by atoms with van der Waals surface area (Å²) in [5.41, 5.74) is 0.295. The maximum atomic E-state index is 11.8. The van der Waals surface area contributed by atoms with Gasteiger partial charge in [0.2, 0.25) is 0 Å². The van der Waals surface area contributed by atoms with Crippen LogP contribution in [0.1, 0.15) is 0 Å². The Hall–Kier alpha value is -1.43. The Kier molecular flexibility index (Phi) is 4.00. The van der Waals surface area contributed by atoms with Crippen LogP contribution < -0.4 is 10.6 Å². The molecule has 1 aromatic carbocycles. The van der Waals surface area contributed by atoms with Gasteiger partial charge in [-0.2, -0.15) is 13.2 Å². The summed E-state index contributed by atoms with van der Waals surface area (Å²) in [4.78, 5) is 11.0. The fraction of sp³-hybridized carbons (Fsp3) is 0.222. The molecule has 0 bridgehead atoms. The van der Waals surface area contributed by atoms with E-state index in [1.165, 1.54) is 18.2 Å². The van der Waals surface area contributed by atoms with Gasteiger partial charge < -0.3 is 10.6 Å². The van der Waals surface area contributed by atoms with Crippen LogP contribution in [0, 0.1) is 6.07 Å². The van der Waals surface area contributed by atoms with E-state index < -0.39 is 18.8 Å². The van der Waals surface area contributed by atoms with Gasteiger partial charge in [0.1, 0.15) is 6.54 Å². The molecule has 3 nitrogen and oxygen atoms in total. The number of alkyl halides is 3. The first kappa shape index (κ1) is 12.6. The molecule has 1 rings (SSSR count).